The molecule has 0 aromatic heterocycles. The van der Waals surface area contributed by atoms with Crippen LogP contribution in [0.2, 0.25) is 0 Å². The number of nitrogens with zero attached hydrogens (tertiary/aromatic N) is 2. The maximum absolute atomic E-state index is 13.1. The number of allylic oxidation sites excluding steroid dienone is 2. The smallest absolute Gasteiger partial charge is 0.294 e. The van der Waals surface area contributed by atoms with Crippen molar-refractivity contribution in [3.05, 3.63) is 64.7 Å². The Morgan fingerprint density at radius 2 is 1.71 bits per heavy atom. The molecular formula is C26H27N3O5. The van der Waals surface area contributed by atoms with Crippen molar-refractivity contribution in [2.24, 2.45) is 23.7 Å². The van der Waals surface area contributed by atoms with E-state index in [-0.39, 0.29) is 52.5 Å². The van der Waals surface area contributed by atoms with Crippen LogP contribution in [0.15, 0.2) is 54.6 Å². The fraction of sp³-hybridized carbons (Fsp3) is 0.385. The largest absolute Gasteiger partial charge is 0.494 e. The van der Waals surface area contributed by atoms with Gasteiger partial charge < -0.3 is 10.1 Å². The molecule has 2 aliphatic carbocycles. The first-order chi connectivity index (χ1) is 16.5. The Hall–Kier alpha value is -3.68. The number of carbonyl (C=O) groups is 2. The molecule has 0 radical (unpaired) electrons. The number of carbonyl (C=O) groups excluding carboxylic acids is 2. The van der Waals surface area contributed by atoms with E-state index in [1.807, 2.05) is 24.3 Å². The van der Waals surface area contributed by atoms with Gasteiger partial charge in [0.1, 0.15) is 11.4 Å². The number of imide groups is 1. The molecule has 2 aromatic rings. The van der Waals surface area contributed by atoms with E-state index in [1.54, 1.807) is 24.3 Å². The normalized spacial score (nSPS) is 24.6. The zero-order valence-electron chi connectivity index (χ0n) is 19.0. The second-order valence-corrected chi connectivity index (χ2v) is 9.18. The second-order valence-electron chi connectivity index (χ2n) is 9.18. The fourth-order valence-corrected chi connectivity index (χ4v) is 5.40. The van der Waals surface area contributed by atoms with Crippen LogP contribution in [0, 0.1) is 33.8 Å². The second kappa shape index (κ2) is 8.93. The van der Waals surface area contributed by atoms with Gasteiger partial charge in [0.15, 0.2) is 0 Å². The van der Waals surface area contributed by atoms with Crippen LogP contribution in [-0.4, -0.2) is 23.3 Å². The zero-order chi connectivity index (χ0) is 23.8. The number of hydrogen-bond donors (Lipinski definition) is 1. The van der Waals surface area contributed by atoms with Crippen molar-refractivity contribution < 1.29 is 19.2 Å². The van der Waals surface area contributed by atoms with Gasteiger partial charge in [0, 0.05) is 11.8 Å². The first-order valence-corrected chi connectivity index (χ1v) is 11.8. The molecule has 8 nitrogen and oxygen atoms in total. The molecule has 1 saturated carbocycles. The van der Waals surface area contributed by atoms with Crippen molar-refractivity contribution in [3.8, 4) is 5.75 Å². The highest BCUT2D eigenvalue weighted by molar-refractivity contribution is 6.23. The van der Waals surface area contributed by atoms with E-state index in [1.165, 1.54) is 6.07 Å². The van der Waals surface area contributed by atoms with Crippen molar-refractivity contribution in [2.75, 3.05) is 16.8 Å². The fourth-order valence-electron chi connectivity index (χ4n) is 5.40. The molecule has 0 spiro atoms. The molecule has 2 bridgehead atoms. The van der Waals surface area contributed by atoms with Crippen LogP contribution < -0.4 is 15.0 Å². The topological polar surface area (TPSA) is 102 Å². The lowest BCUT2D eigenvalue weighted by Crippen LogP contribution is -2.32. The molecule has 4 unspecified atom stereocenters. The lowest BCUT2D eigenvalue weighted by Gasteiger charge is -2.18. The van der Waals surface area contributed by atoms with Gasteiger partial charge in [0.2, 0.25) is 11.8 Å². The van der Waals surface area contributed by atoms with E-state index >= 15 is 0 Å². The van der Waals surface area contributed by atoms with Gasteiger partial charge in [-0.2, -0.15) is 0 Å². The number of unbranched alkanes of at least 4 members (excludes halogenated alkanes) is 2. The summed E-state index contributed by atoms with van der Waals surface area (Å²) < 4.78 is 5.71. The number of ether oxygens (including phenoxy) is 1. The van der Waals surface area contributed by atoms with E-state index in [0.717, 1.165) is 36.3 Å². The van der Waals surface area contributed by atoms with Gasteiger partial charge in [-0.05, 0) is 61.1 Å². The number of amides is 2. The number of fused-ring (bicyclic) bond motifs is 5. The van der Waals surface area contributed by atoms with Gasteiger partial charge in [0.05, 0.1) is 29.1 Å². The maximum atomic E-state index is 13.1. The average molecular weight is 462 g/mol. The molecule has 2 aromatic carbocycles. The third kappa shape index (κ3) is 3.83. The molecular weight excluding hydrogens is 434 g/mol. The third-order valence-corrected chi connectivity index (χ3v) is 7.06. The number of anilines is 3. The number of nitrogens with one attached hydrogen (secondary N) is 1. The van der Waals surface area contributed by atoms with Crippen LogP contribution in [0.5, 0.6) is 5.75 Å². The summed E-state index contributed by atoms with van der Waals surface area (Å²) in [6.45, 7) is 2.79. The van der Waals surface area contributed by atoms with Crippen LogP contribution in [0.3, 0.4) is 0 Å². The molecule has 2 fully saturated rings. The molecule has 1 heterocycles. The van der Waals surface area contributed by atoms with Gasteiger partial charge in [-0.3, -0.25) is 19.7 Å². The van der Waals surface area contributed by atoms with Gasteiger partial charge in [0.25, 0.3) is 5.69 Å². The Bertz CT molecular complexity index is 1130. The van der Waals surface area contributed by atoms with E-state index < -0.39 is 4.92 Å². The minimum atomic E-state index is -0.506. The Morgan fingerprint density at radius 1 is 1.03 bits per heavy atom. The van der Waals surface area contributed by atoms with Crippen LogP contribution >= 0.6 is 0 Å². The molecule has 8 heteroatoms. The van der Waals surface area contributed by atoms with Crippen LogP contribution in [0.1, 0.15) is 32.6 Å². The number of nitro groups is 1. The van der Waals surface area contributed by atoms with Crippen LogP contribution in [0.4, 0.5) is 22.7 Å². The SMILES string of the molecule is CCCCCOc1ccc(Nc2ccc(N3C(=O)C4C5C=CC(C5)C4C3=O)cc2[N+](=O)[O-])cc1. The Labute approximate surface area is 197 Å². The lowest BCUT2D eigenvalue weighted by atomic mass is 9.85. The summed E-state index contributed by atoms with van der Waals surface area (Å²) >= 11 is 0. The van der Waals surface area contributed by atoms with Crippen molar-refractivity contribution >= 4 is 34.6 Å². The van der Waals surface area contributed by atoms with E-state index in [0.29, 0.717) is 12.3 Å². The molecule has 5 rings (SSSR count). The summed E-state index contributed by atoms with van der Waals surface area (Å²) in [5, 5.41) is 14.9. The third-order valence-electron chi connectivity index (χ3n) is 7.06. The van der Waals surface area contributed by atoms with Crippen LogP contribution in [-0.2, 0) is 9.59 Å². The standard InChI is InChI=1S/C26H27N3O5/c1-2-3-4-13-34-20-10-7-18(8-11-20)27-21-12-9-19(15-22(21)29(32)33)28-25(30)23-16-5-6-17(14-16)24(23)26(28)31/h5-12,15-17,23-24,27H,2-4,13-14H2,1H3. The Morgan fingerprint density at radius 3 is 2.32 bits per heavy atom. The molecule has 176 valence electrons. The lowest BCUT2D eigenvalue weighted by molar-refractivity contribution is -0.383. The summed E-state index contributed by atoms with van der Waals surface area (Å²) in [6.07, 6.45) is 8.13. The van der Waals surface area contributed by atoms with Gasteiger partial charge in [-0.25, -0.2) is 4.90 Å². The van der Waals surface area contributed by atoms with Gasteiger partial charge in [-0.15, -0.1) is 0 Å². The number of hydrogen-bond acceptors (Lipinski definition) is 6. The van der Waals surface area contributed by atoms with E-state index in [4.69, 9.17) is 4.74 Å². The molecule has 1 saturated heterocycles. The highest BCUT2D eigenvalue weighted by atomic mass is 16.6. The summed E-state index contributed by atoms with van der Waals surface area (Å²) in [4.78, 5) is 38.6. The average Bonchev–Trinajstić information content (AvgIpc) is 3.52. The minimum Gasteiger partial charge on any atom is -0.494 e. The minimum absolute atomic E-state index is 0.0889. The maximum Gasteiger partial charge on any atom is 0.294 e. The number of benzene rings is 2. The van der Waals surface area contributed by atoms with E-state index in [2.05, 4.69) is 12.2 Å². The highest BCUT2D eigenvalue weighted by Gasteiger charge is 2.59. The van der Waals surface area contributed by atoms with E-state index in [9.17, 15) is 19.7 Å². The molecule has 3 aliphatic rings. The molecule has 4 atom stereocenters. The van der Waals surface area contributed by atoms with Crippen molar-refractivity contribution in [1.82, 2.24) is 0 Å². The molecule has 1 N–H and O–H groups in total. The Kier molecular flexibility index (Phi) is 5.81. The zero-order valence-corrected chi connectivity index (χ0v) is 19.0. The predicted molar refractivity (Wildman–Crippen MR) is 128 cm³/mol. The monoisotopic (exact) mass is 461 g/mol. The highest BCUT2D eigenvalue weighted by Crippen LogP contribution is 2.53. The summed E-state index contributed by atoms with van der Waals surface area (Å²) in [5.74, 6) is -0.277. The molecule has 34 heavy (non-hydrogen) atoms. The quantitative estimate of drug-likeness (QED) is 0.181. The van der Waals surface area contributed by atoms with Gasteiger partial charge >= 0.3 is 0 Å². The first-order valence-electron chi connectivity index (χ1n) is 11.8. The Balaban J connectivity index is 1.33. The molecule has 2 amide bonds. The number of rotatable bonds is 9. The predicted octanol–water partition coefficient (Wildman–Crippen LogP) is 5.22. The summed E-state index contributed by atoms with van der Waals surface area (Å²) in [5.41, 5.74) is 1.00. The summed E-state index contributed by atoms with van der Waals surface area (Å²) in [7, 11) is 0. The number of nitro benzene ring substituents is 1. The molecule has 1 aliphatic heterocycles. The van der Waals surface area contributed by atoms with Crippen molar-refractivity contribution in [2.45, 2.75) is 32.6 Å². The van der Waals surface area contributed by atoms with Crippen molar-refractivity contribution in [1.29, 1.82) is 0 Å². The van der Waals surface area contributed by atoms with Gasteiger partial charge in [-0.1, -0.05) is 31.9 Å². The van der Waals surface area contributed by atoms with Crippen molar-refractivity contribution in [3.63, 3.8) is 0 Å². The summed E-state index contributed by atoms with van der Waals surface area (Å²) in [6, 6.07) is 11.7. The van der Waals surface area contributed by atoms with Crippen LogP contribution in [0.25, 0.3) is 0 Å². The first kappa shape index (κ1) is 22.1.